The van der Waals surface area contributed by atoms with Crippen molar-refractivity contribution in [1.82, 2.24) is 10.6 Å². The van der Waals surface area contributed by atoms with E-state index >= 15 is 0 Å². The van der Waals surface area contributed by atoms with Crippen molar-refractivity contribution in [3.63, 3.8) is 0 Å². The standard InChI is InChI=1S/C44H36N4O2/c49-41(45-34-18-32-11-9-27-3-1-4-28-10-12-33(19-34)39(32)37(27)28)47-43-20-25-17-26(21-43)23-44(22-25,24-43)48-42(50)46-36-16-14-31-8-7-29-5-2-6-30-13-15-35(36)40(31)38(29)30/h1-16,18-19,25-26H,17,20-24H2,(H2,45,47,49)(H2,46,48,50). The zero-order valence-electron chi connectivity index (χ0n) is 27.6. The van der Waals surface area contributed by atoms with Gasteiger partial charge in [0, 0.05) is 22.2 Å². The first-order valence-electron chi connectivity index (χ1n) is 17.9. The maximum Gasteiger partial charge on any atom is 0.319 e. The van der Waals surface area contributed by atoms with Crippen LogP contribution in [-0.4, -0.2) is 23.1 Å². The van der Waals surface area contributed by atoms with Gasteiger partial charge in [-0.2, -0.15) is 0 Å². The van der Waals surface area contributed by atoms with Crippen LogP contribution in [0.4, 0.5) is 21.0 Å². The fourth-order valence-electron chi connectivity index (χ4n) is 11.0. The lowest BCUT2D eigenvalue weighted by Crippen LogP contribution is -2.70. The molecule has 8 aromatic rings. The molecule has 2 unspecified atom stereocenters. The molecule has 6 nitrogen and oxygen atoms in total. The highest BCUT2D eigenvalue weighted by Gasteiger charge is 2.58. The highest BCUT2D eigenvalue weighted by atomic mass is 16.2. The van der Waals surface area contributed by atoms with Crippen molar-refractivity contribution in [2.75, 3.05) is 10.6 Å². The summed E-state index contributed by atoms with van der Waals surface area (Å²) in [4.78, 5) is 27.6. The van der Waals surface area contributed by atoms with Crippen LogP contribution >= 0.6 is 0 Å². The number of nitrogens with one attached hydrogen (secondary N) is 4. The fourth-order valence-corrected chi connectivity index (χ4v) is 11.0. The summed E-state index contributed by atoms with van der Waals surface area (Å²) in [5.41, 5.74) is 0.921. The van der Waals surface area contributed by atoms with Gasteiger partial charge in [-0.3, -0.25) is 0 Å². The highest BCUT2D eigenvalue weighted by molar-refractivity contribution is 6.26. The van der Waals surface area contributed by atoms with Crippen molar-refractivity contribution in [3.8, 4) is 0 Å². The van der Waals surface area contributed by atoms with E-state index in [2.05, 4.69) is 124 Å². The Morgan fingerprint density at radius 2 is 0.940 bits per heavy atom. The zero-order valence-corrected chi connectivity index (χ0v) is 27.6. The zero-order chi connectivity index (χ0) is 33.2. The maximum atomic E-state index is 13.8. The van der Waals surface area contributed by atoms with Crippen LogP contribution in [0.2, 0.25) is 0 Å². The van der Waals surface area contributed by atoms with Crippen molar-refractivity contribution < 1.29 is 9.59 Å². The van der Waals surface area contributed by atoms with E-state index in [0.717, 1.165) is 59.6 Å². The van der Waals surface area contributed by atoms with Crippen LogP contribution < -0.4 is 21.3 Å². The molecular formula is C44H36N4O2. The van der Waals surface area contributed by atoms with Crippen LogP contribution in [0.15, 0.2) is 109 Å². The maximum absolute atomic E-state index is 13.8. The third kappa shape index (κ3) is 4.20. The monoisotopic (exact) mass is 652 g/mol. The Bertz CT molecular complexity index is 2600. The lowest BCUT2D eigenvalue weighted by Gasteiger charge is -2.62. The molecular weight excluding hydrogens is 617 g/mol. The normalized spacial score (nSPS) is 24.2. The largest absolute Gasteiger partial charge is 0.332 e. The van der Waals surface area contributed by atoms with E-state index in [0.29, 0.717) is 11.8 Å². The topological polar surface area (TPSA) is 82.3 Å². The van der Waals surface area contributed by atoms with E-state index in [9.17, 15) is 9.59 Å². The summed E-state index contributed by atoms with van der Waals surface area (Å²) < 4.78 is 0. The first-order valence-corrected chi connectivity index (χ1v) is 17.9. The predicted octanol–water partition coefficient (Wildman–Crippen LogP) is 10.5. The molecule has 4 aliphatic rings. The Hall–Kier alpha value is -5.62. The van der Waals surface area contributed by atoms with Gasteiger partial charge in [0.25, 0.3) is 0 Å². The molecule has 4 fully saturated rings. The molecule has 0 heterocycles. The third-order valence-corrected chi connectivity index (χ3v) is 12.3. The van der Waals surface area contributed by atoms with Crippen molar-refractivity contribution in [2.45, 2.75) is 49.6 Å². The van der Waals surface area contributed by atoms with Gasteiger partial charge in [-0.25, -0.2) is 9.59 Å². The summed E-state index contributed by atoms with van der Waals surface area (Å²) in [7, 11) is 0. The Labute approximate surface area is 288 Å². The molecule has 4 N–H and O–H groups in total. The second-order valence-corrected chi connectivity index (χ2v) is 15.7. The number of amides is 4. The van der Waals surface area contributed by atoms with Crippen LogP contribution in [-0.2, 0) is 0 Å². The number of hydrogen-bond donors (Lipinski definition) is 4. The molecule has 0 aliphatic heterocycles. The Balaban J connectivity index is 0.847. The molecule has 8 aromatic carbocycles. The van der Waals surface area contributed by atoms with Crippen LogP contribution in [0.25, 0.3) is 64.6 Å². The van der Waals surface area contributed by atoms with Gasteiger partial charge in [0.05, 0.1) is 5.69 Å². The quantitative estimate of drug-likeness (QED) is 0.143. The summed E-state index contributed by atoms with van der Waals surface area (Å²) in [6, 6.07) is 38.0. The number of hydrogen-bond acceptors (Lipinski definition) is 2. The molecule has 4 amide bonds. The SMILES string of the molecule is O=C(Nc1cc2ccc3cccc4ccc(c1)c2c34)NC12CC3CC(C1)CC(NC(=O)Nc1ccc4ccc5cccc6ccc1c4c56)(C3)C2. The minimum atomic E-state index is -0.345. The highest BCUT2D eigenvalue weighted by Crippen LogP contribution is 2.57. The number of anilines is 2. The number of carbonyl (C=O) groups is 2. The Kier molecular flexibility index (Phi) is 5.63. The number of rotatable bonds is 4. The molecule has 0 aromatic heterocycles. The summed E-state index contributed by atoms with van der Waals surface area (Å²) in [6.07, 6.45) is 5.73. The van der Waals surface area contributed by atoms with E-state index < -0.39 is 0 Å². The van der Waals surface area contributed by atoms with E-state index in [4.69, 9.17) is 0 Å². The molecule has 4 saturated carbocycles. The van der Waals surface area contributed by atoms with Crippen LogP contribution in [0, 0.1) is 11.8 Å². The lowest BCUT2D eigenvalue weighted by molar-refractivity contribution is -0.0400. The molecule has 12 rings (SSSR count). The Morgan fingerprint density at radius 1 is 0.500 bits per heavy atom. The molecule has 244 valence electrons. The molecule has 0 saturated heterocycles. The second-order valence-electron chi connectivity index (χ2n) is 15.7. The summed E-state index contributed by atoms with van der Waals surface area (Å²) in [6.45, 7) is 0. The van der Waals surface area contributed by atoms with Crippen molar-refractivity contribution in [3.05, 3.63) is 109 Å². The summed E-state index contributed by atoms with van der Waals surface area (Å²) >= 11 is 0. The van der Waals surface area contributed by atoms with Crippen molar-refractivity contribution in [2.24, 2.45) is 11.8 Å². The van der Waals surface area contributed by atoms with Gasteiger partial charge in [-0.05, 0) is 128 Å². The van der Waals surface area contributed by atoms with E-state index in [-0.39, 0.29) is 23.1 Å². The average Bonchev–Trinajstić information content (AvgIpc) is 3.09. The number of carbonyl (C=O) groups excluding carboxylic acids is 2. The predicted molar refractivity (Wildman–Crippen MR) is 205 cm³/mol. The van der Waals surface area contributed by atoms with Gasteiger partial charge >= 0.3 is 12.1 Å². The van der Waals surface area contributed by atoms with Gasteiger partial charge in [-0.15, -0.1) is 0 Å². The summed E-state index contributed by atoms with van der Waals surface area (Å²) in [5, 5.41) is 27.6. The summed E-state index contributed by atoms with van der Waals surface area (Å²) in [5.74, 6) is 0.952. The second kappa shape index (κ2) is 9.97. The molecule has 0 spiro atoms. The lowest BCUT2D eigenvalue weighted by atomic mass is 9.50. The molecule has 4 aliphatic carbocycles. The average molecular weight is 653 g/mol. The Morgan fingerprint density at radius 3 is 1.52 bits per heavy atom. The molecule has 4 bridgehead atoms. The first kappa shape index (κ1) is 28.2. The van der Waals surface area contributed by atoms with E-state index in [1.54, 1.807) is 0 Å². The van der Waals surface area contributed by atoms with Gasteiger partial charge in [-0.1, -0.05) is 91.0 Å². The van der Waals surface area contributed by atoms with Crippen LogP contribution in [0.1, 0.15) is 38.5 Å². The molecule has 2 atom stereocenters. The van der Waals surface area contributed by atoms with E-state index in [1.807, 2.05) is 6.07 Å². The number of benzene rings is 8. The van der Waals surface area contributed by atoms with Gasteiger partial charge in [0.2, 0.25) is 0 Å². The number of urea groups is 2. The van der Waals surface area contributed by atoms with Crippen molar-refractivity contribution >= 4 is 88.1 Å². The first-order chi connectivity index (χ1) is 24.4. The van der Waals surface area contributed by atoms with Crippen LogP contribution in [0.3, 0.4) is 0 Å². The minimum Gasteiger partial charge on any atom is -0.332 e. The molecule has 6 heteroatoms. The van der Waals surface area contributed by atoms with Gasteiger partial charge in [0.15, 0.2) is 0 Å². The van der Waals surface area contributed by atoms with Gasteiger partial charge in [0.1, 0.15) is 0 Å². The van der Waals surface area contributed by atoms with Gasteiger partial charge < -0.3 is 21.3 Å². The van der Waals surface area contributed by atoms with E-state index in [1.165, 1.54) is 54.9 Å². The third-order valence-electron chi connectivity index (χ3n) is 12.3. The fraction of sp³-hybridized carbons (Fsp3) is 0.227. The molecule has 0 radical (unpaired) electrons. The molecule has 50 heavy (non-hydrogen) atoms. The van der Waals surface area contributed by atoms with Crippen LogP contribution in [0.5, 0.6) is 0 Å². The minimum absolute atomic E-state index is 0.171. The smallest absolute Gasteiger partial charge is 0.319 e. The van der Waals surface area contributed by atoms with Crippen molar-refractivity contribution in [1.29, 1.82) is 0 Å².